The Bertz CT molecular complexity index is 821. The molecule has 0 aliphatic heterocycles. The molecule has 0 unspecified atom stereocenters. The molecular formula is C18H18ClN5. The van der Waals surface area contributed by atoms with Crippen LogP contribution in [0.2, 0.25) is 5.02 Å². The Labute approximate surface area is 146 Å². The molecule has 24 heavy (non-hydrogen) atoms. The van der Waals surface area contributed by atoms with Crippen molar-refractivity contribution in [1.82, 2.24) is 15.0 Å². The second kappa shape index (κ2) is 7.27. The summed E-state index contributed by atoms with van der Waals surface area (Å²) < 4.78 is 0. The number of nitrogens with one attached hydrogen (secondary N) is 2. The predicted molar refractivity (Wildman–Crippen MR) is 98.8 cm³/mol. The van der Waals surface area contributed by atoms with E-state index in [2.05, 4.69) is 39.4 Å². The van der Waals surface area contributed by atoms with Gasteiger partial charge in [0.25, 0.3) is 0 Å². The van der Waals surface area contributed by atoms with Gasteiger partial charge in [0.05, 0.1) is 16.9 Å². The average molecular weight is 340 g/mol. The Morgan fingerprint density at radius 3 is 2.42 bits per heavy atom. The molecule has 5 nitrogen and oxygen atoms in total. The van der Waals surface area contributed by atoms with Crippen molar-refractivity contribution in [2.45, 2.75) is 19.9 Å². The number of aromatic nitrogens is 3. The summed E-state index contributed by atoms with van der Waals surface area (Å²) in [6.45, 7) is 4.14. The summed E-state index contributed by atoms with van der Waals surface area (Å²) >= 11 is 5.99. The Morgan fingerprint density at radius 2 is 1.71 bits per heavy atom. The summed E-state index contributed by atoms with van der Waals surface area (Å²) in [5.74, 6) is 2.09. The van der Waals surface area contributed by atoms with Gasteiger partial charge in [-0.3, -0.25) is 4.98 Å². The van der Waals surface area contributed by atoms with Crippen molar-refractivity contribution in [3.63, 3.8) is 0 Å². The van der Waals surface area contributed by atoms with Gasteiger partial charge >= 0.3 is 0 Å². The van der Waals surface area contributed by atoms with E-state index in [0.29, 0.717) is 16.7 Å². The third-order valence-corrected chi connectivity index (χ3v) is 3.38. The Morgan fingerprint density at radius 1 is 0.958 bits per heavy atom. The first-order chi connectivity index (χ1) is 11.6. The molecule has 0 saturated heterocycles. The van der Waals surface area contributed by atoms with Crippen molar-refractivity contribution in [3.8, 4) is 11.4 Å². The van der Waals surface area contributed by atoms with Crippen LogP contribution in [0, 0.1) is 0 Å². The molecule has 0 radical (unpaired) electrons. The molecule has 2 heterocycles. The van der Waals surface area contributed by atoms with Crippen LogP contribution >= 0.6 is 11.6 Å². The summed E-state index contributed by atoms with van der Waals surface area (Å²) in [6, 6.07) is 13.8. The third-order valence-electron chi connectivity index (χ3n) is 3.17. The lowest BCUT2D eigenvalue weighted by molar-refractivity contribution is 0.887. The molecule has 3 aromatic rings. The van der Waals surface area contributed by atoms with Crippen molar-refractivity contribution in [3.05, 3.63) is 59.9 Å². The molecule has 0 aliphatic rings. The number of benzene rings is 1. The molecule has 122 valence electrons. The van der Waals surface area contributed by atoms with Crippen LogP contribution in [0.4, 0.5) is 17.3 Å². The molecular weight excluding hydrogens is 322 g/mol. The maximum absolute atomic E-state index is 5.99. The Hall–Kier alpha value is -2.66. The molecule has 0 amide bonds. The number of hydrogen-bond acceptors (Lipinski definition) is 5. The van der Waals surface area contributed by atoms with Gasteiger partial charge in [0.15, 0.2) is 5.82 Å². The van der Waals surface area contributed by atoms with Crippen LogP contribution < -0.4 is 10.6 Å². The number of nitrogens with zero attached hydrogens (tertiary/aromatic N) is 3. The van der Waals surface area contributed by atoms with E-state index < -0.39 is 0 Å². The fraction of sp³-hybridized carbons (Fsp3) is 0.167. The van der Waals surface area contributed by atoms with E-state index in [4.69, 9.17) is 11.6 Å². The number of anilines is 3. The lowest BCUT2D eigenvalue weighted by Crippen LogP contribution is -2.12. The molecule has 1 aromatic carbocycles. The zero-order valence-corrected chi connectivity index (χ0v) is 14.2. The van der Waals surface area contributed by atoms with Gasteiger partial charge in [-0.2, -0.15) is 0 Å². The number of pyridine rings is 1. The molecule has 0 bridgehead atoms. The molecule has 3 rings (SSSR count). The van der Waals surface area contributed by atoms with Crippen LogP contribution in [0.3, 0.4) is 0 Å². The highest BCUT2D eigenvalue weighted by atomic mass is 35.5. The highest BCUT2D eigenvalue weighted by Crippen LogP contribution is 2.23. The second-order valence-corrected chi connectivity index (χ2v) is 6.08. The largest absolute Gasteiger partial charge is 0.368 e. The topological polar surface area (TPSA) is 62.7 Å². The molecule has 2 aromatic heterocycles. The summed E-state index contributed by atoms with van der Waals surface area (Å²) in [5, 5.41) is 7.12. The van der Waals surface area contributed by atoms with Crippen LogP contribution in [-0.4, -0.2) is 21.0 Å². The molecule has 0 atom stereocenters. The van der Waals surface area contributed by atoms with E-state index in [1.807, 2.05) is 36.4 Å². The third kappa shape index (κ3) is 4.20. The highest BCUT2D eigenvalue weighted by Gasteiger charge is 2.08. The maximum Gasteiger partial charge on any atom is 0.163 e. The zero-order valence-electron chi connectivity index (χ0n) is 13.5. The minimum absolute atomic E-state index is 0.268. The molecule has 0 spiro atoms. The highest BCUT2D eigenvalue weighted by molar-refractivity contribution is 6.30. The normalized spacial score (nSPS) is 10.7. The Kier molecular flexibility index (Phi) is 4.91. The van der Waals surface area contributed by atoms with Gasteiger partial charge in [0, 0.05) is 23.9 Å². The smallest absolute Gasteiger partial charge is 0.163 e. The fourth-order valence-electron chi connectivity index (χ4n) is 2.23. The minimum Gasteiger partial charge on any atom is -0.368 e. The van der Waals surface area contributed by atoms with Crippen molar-refractivity contribution < 1.29 is 0 Å². The first kappa shape index (κ1) is 16.2. The summed E-state index contributed by atoms with van der Waals surface area (Å²) in [5.41, 5.74) is 1.73. The van der Waals surface area contributed by atoms with Gasteiger partial charge in [-0.15, -0.1) is 0 Å². The monoisotopic (exact) mass is 339 g/mol. The Balaban J connectivity index is 1.98. The van der Waals surface area contributed by atoms with E-state index in [1.165, 1.54) is 0 Å². The molecule has 0 fully saturated rings. The van der Waals surface area contributed by atoms with Crippen LogP contribution in [-0.2, 0) is 0 Å². The van der Waals surface area contributed by atoms with Crippen LogP contribution in [0.25, 0.3) is 11.4 Å². The summed E-state index contributed by atoms with van der Waals surface area (Å²) in [7, 11) is 0. The van der Waals surface area contributed by atoms with Gasteiger partial charge in [-0.05, 0) is 19.9 Å². The standard InChI is InChI=1S/C18H18ClN5/c1-12(2)21-16-9-17(22-15-8-14(19)10-20-11-15)24-18(23-16)13-6-4-3-5-7-13/h3-12H,1-2H3,(H2,21,22,23,24). The zero-order chi connectivity index (χ0) is 16.9. The van der Waals surface area contributed by atoms with Crippen LogP contribution in [0.15, 0.2) is 54.9 Å². The van der Waals surface area contributed by atoms with E-state index in [9.17, 15) is 0 Å². The first-order valence-electron chi connectivity index (χ1n) is 7.69. The van der Waals surface area contributed by atoms with Crippen LogP contribution in [0.5, 0.6) is 0 Å². The van der Waals surface area contributed by atoms with Gasteiger partial charge in [0.2, 0.25) is 0 Å². The second-order valence-electron chi connectivity index (χ2n) is 5.64. The maximum atomic E-state index is 5.99. The number of hydrogen-bond donors (Lipinski definition) is 2. The fourth-order valence-corrected chi connectivity index (χ4v) is 2.40. The quantitative estimate of drug-likeness (QED) is 0.702. The molecule has 6 heteroatoms. The van der Waals surface area contributed by atoms with Gasteiger partial charge < -0.3 is 10.6 Å². The number of halogens is 1. The first-order valence-corrected chi connectivity index (χ1v) is 8.06. The van der Waals surface area contributed by atoms with Crippen molar-refractivity contribution in [2.24, 2.45) is 0 Å². The van der Waals surface area contributed by atoms with Crippen LogP contribution in [0.1, 0.15) is 13.8 Å². The molecule has 2 N–H and O–H groups in total. The average Bonchev–Trinajstić information content (AvgIpc) is 2.55. The molecule has 0 saturated carbocycles. The predicted octanol–water partition coefficient (Wildman–Crippen LogP) is 4.76. The van der Waals surface area contributed by atoms with Gasteiger partial charge in [0.1, 0.15) is 11.6 Å². The van der Waals surface area contributed by atoms with E-state index in [0.717, 1.165) is 17.1 Å². The van der Waals surface area contributed by atoms with E-state index >= 15 is 0 Å². The van der Waals surface area contributed by atoms with Crippen molar-refractivity contribution in [1.29, 1.82) is 0 Å². The van der Waals surface area contributed by atoms with Gasteiger partial charge in [-0.25, -0.2) is 9.97 Å². The summed E-state index contributed by atoms with van der Waals surface area (Å²) in [6.07, 6.45) is 3.29. The minimum atomic E-state index is 0.268. The summed E-state index contributed by atoms with van der Waals surface area (Å²) in [4.78, 5) is 13.3. The lowest BCUT2D eigenvalue weighted by Gasteiger charge is -2.13. The molecule has 0 aliphatic carbocycles. The van der Waals surface area contributed by atoms with Gasteiger partial charge in [-0.1, -0.05) is 41.9 Å². The van der Waals surface area contributed by atoms with E-state index in [-0.39, 0.29) is 6.04 Å². The van der Waals surface area contributed by atoms with Crippen molar-refractivity contribution in [2.75, 3.05) is 10.6 Å². The number of rotatable bonds is 5. The van der Waals surface area contributed by atoms with E-state index in [1.54, 1.807) is 18.5 Å². The lowest BCUT2D eigenvalue weighted by atomic mass is 10.2. The van der Waals surface area contributed by atoms with Crippen molar-refractivity contribution >= 4 is 28.9 Å². The SMILES string of the molecule is CC(C)Nc1cc(Nc2cncc(Cl)c2)nc(-c2ccccc2)n1.